The van der Waals surface area contributed by atoms with Crippen LogP contribution in [-0.4, -0.2) is 35.4 Å². The molecule has 0 unspecified atom stereocenters. The number of amides is 1. The highest BCUT2D eigenvalue weighted by Gasteiger charge is 2.21. The van der Waals surface area contributed by atoms with Crippen molar-refractivity contribution in [3.8, 4) is 0 Å². The minimum Gasteiger partial charge on any atom is -0.462 e. The number of nitrogens with zero attached hydrogens (tertiary/aromatic N) is 2. The molecule has 0 N–H and O–H groups in total. The second-order valence-corrected chi connectivity index (χ2v) is 5.91. The van der Waals surface area contributed by atoms with E-state index in [-0.39, 0.29) is 30.0 Å². The minimum atomic E-state index is -0.723. The summed E-state index contributed by atoms with van der Waals surface area (Å²) in [5, 5.41) is 11.6. The number of esters is 1. The minimum absolute atomic E-state index is 0.0248. The SMILES string of the molecule is CCOC(=O)c1cc(C(=O)N(C)Cc2ccccc2Cl)cc([N+](=O)[O-])c1. The van der Waals surface area contributed by atoms with E-state index in [1.165, 1.54) is 11.0 Å². The van der Waals surface area contributed by atoms with Crippen LogP contribution in [0.4, 0.5) is 5.69 Å². The van der Waals surface area contributed by atoms with E-state index in [4.69, 9.17) is 16.3 Å². The molecule has 0 spiro atoms. The van der Waals surface area contributed by atoms with Gasteiger partial charge in [-0.15, -0.1) is 0 Å². The molecule has 0 aliphatic carbocycles. The number of ether oxygens (including phenoxy) is 1. The summed E-state index contributed by atoms with van der Waals surface area (Å²) in [6.07, 6.45) is 0. The number of hydrogen-bond acceptors (Lipinski definition) is 5. The van der Waals surface area contributed by atoms with Gasteiger partial charge in [0.05, 0.1) is 17.1 Å². The van der Waals surface area contributed by atoms with E-state index in [0.29, 0.717) is 5.02 Å². The van der Waals surface area contributed by atoms with Crippen LogP contribution in [0.1, 0.15) is 33.2 Å². The Morgan fingerprint density at radius 2 is 1.85 bits per heavy atom. The first kappa shape index (κ1) is 19.4. The highest BCUT2D eigenvalue weighted by molar-refractivity contribution is 6.31. The summed E-state index contributed by atoms with van der Waals surface area (Å²) in [6.45, 7) is 1.96. The van der Waals surface area contributed by atoms with Crippen molar-refractivity contribution in [1.29, 1.82) is 0 Å². The van der Waals surface area contributed by atoms with Crippen LogP contribution >= 0.6 is 11.6 Å². The van der Waals surface area contributed by atoms with Crippen LogP contribution in [0, 0.1) is 10.1 Å². The number of rotatable bonds is 6. The lowest BCUT2D eigenvalue weighted by Crippen LogP contribution is -2.26. The van der Waals surface area contributed by atoms with Gasteiger partial charge in [-0.2, -0.15) is 0 Å². The molecule has 0 aliphatic rings. The molecule has 0 heterocycles. The van der Waals surface area contributed by atoms with Crippen LogP contribution in [0.3, 0.4) is 0 Å². The van der Waals surface area contributed by atoms with Crippen LogP contribution in [-0.2, 0) is 11.3 Å². The van der Waals surface area contributed by atoms with Crippen molar-refractivity contribution < 1.29 is 19.2 Å². The number of hydrogen-bond donors (Lipinski definition) is 0. The van der Waals surface area contributed by atoms with E-state index in [9.17, 15) is 19.7 Å². The van der Waals surface area contributed by atoms with Crippen molar-refractivity contribution in [2.45, 2.75) is 13.5 Å². The van der Waals surface area contributed by atoms with Gasteiger partial charge in [-0.05, 0) is 24.6 Å². The van der Waals surface area contributed by atoms with Crippen molar-refractivity contribution in [1.82, 2.24) is 4.90 Å². The molecule has 0 saturated heterocycles. The second kappa shape index (κ2) is 8.44. The van der Waals surface area contributed by atoms with Gasteiger partial charge in [-0.25, -0.2) is 4.79 Å². The van der Waals surface area contributed by atoms with Gasteiger partial charge in [-0.1, -0.05) is 29.8 Å². The molecule has 0 atom stereocenters. The van der Waals surface area contributed by atoms with E-state index < -0.39 is 16.8 Å². The maximum atomic E-state index is 12.7. The molecule has 2 aromatic rings. The lowest BCUT2D eigenvalue weighted by molar-refractivity contribution is -0.384. The topological polar surface area (TPSA) is 89.8 Å². The number of nitro groups is 1. The Hall–Kier alpha value is -2.93. The van der Waals surface area contributed by atoms with Crippen molar-refractivity contribution >= 4 is 29.2 Å². The third-order valence-corrected chi connectivity index (χ3v) is 3.97. The Morgan fingerprint density at radius 3 is 2.46 bits per heavy atom. The molecule has 0 saturated carbocycles. The van der Waals surface area contributed by atoms with Crippen molar-refractivity contribution in [2.24, 2.45) is 0 Å². The van der Waals surface area contributed by atoms with E-state index in [0.717, 1.165) is 17.7 Å². The zero-order valence-corrected chi connectivity index (χ0v) is 15.0. The van der Waals surface area contributed by atoms with Crippen LogP contribution in [0.25, 0.3) is 0 Å². The van der Waals surface area contributed by atoms with Crippen LogP contribution < -0.4 is 0 Å². The Balaban J connectivity index is 2.33. The standard InChI is InChI=1S/C18H17ClN2O5/c1-3-26-18(23)14-8-13(9-15(10-14)21(24)25)17(22)20(2)11-12-6-4-5-7-16(12)19/h4-10H,3,11H2,1-2H3. The predicted octanol–water partition coefficient (Wildman–Crippen LogP) is 3.70. The number of nitro benzene ring substituents is 1. The Labute approximate surface area is 155 Å². The highest BCUT2D eigenvalue weighted by atomic mass is 35.5. The number of carbonyl (C=O) groups is 2. The molecule has 2 aromatic carbocycles. The first-order valence-electron chi connectivity index (χ1n) is 7.79. The van der Waals surface area contributed by atoms with Gasteiger partial charge in [0.25, 0.3) is 11.6 Å². The molecular weight excluding hydrogens is 360 g/mol. The first-order chi connectivity index (χ1) is 12.3. The molecule has 0 aromatic heterocycles. The molecule has 2 rings (SSSR count). The van der Waals surface area contributed by atoms with Gasteiger partial charge in [0.2, 0.25) is 0 Å². The monoisotopic (exact) mass is 376 g/mol. The van der Waals surface area contributed by atoms with Gasteiger partial charge in [0.1, 0.15) is 0 Å². The van der Waals surface area contributed by atoms with Gasteiger partial charge in [0, 0.05) is 36.3 Å². The zero-order chi connectivity index (χ0) is 19.3. The van der Waals surface area contributed by atoms with Gasteiger partial charge in [0.15, 0.2) is 0 Å². The molecule has 8 heteroatoms. The second-order valence-electron chi connectivity index (χ2n) is 5.50. The van der Waals surface area contributed by atoms with Crippen LogP contribution in [0.2, 0.25) is 5.02 Å². The zero-order valence-electron chi connectivity index (χ0n) is 14.3. The normalized spacial score (nSPS) is 10.3. The quantitative estimate of drug-likeness (QED) is 0.435. The molecular formula is C18H17ClN2O5. The summed E-state index contributed by atoms with van der Waals surface area (Å²) in [5.41, 5.74) is 0.360. The summed E-state index contributed by atoms with van der Waals surface area (Å²) in [7, 11) is 1.55. The fraction of sp³-hybridized carbons (Fsp3) is 0.222. The summed E-state index contributed by atoms with van der Waals surface area (Å²) >= 11 is 6.10. The molecule has 26 heavy (non-hydrogen) atoms. The molecule has 7 nitrogen and oxygen atoms in total. The molecule has 0 fully saturated rings. The molecule has 0 aliphatic heterocycles. The Kier molecular flexibility index (Phi) is 6.30. The lowest BCUT2D eigenvalue weighted by atomic mass is 10.1. The van der Waals surface area contributed by atoms with Gasteiger partial charge >= 0.3 is 5.97 Å². The van der Waals surface area contributed by atoms with Gasteiger partial charge < -0.3 is 9.64 Å². The maximum Gasteiger partial charge on any atom is 0.338 e. The molecule has 136 valence electrons. The van der Waals surface area contributed by atoms with Gasteiger partial charge in [-0.3, -0.25) is 14.9 Å². The maximum absolute atomic E-state index is 12.7. The van der Waals surface area contributed by atoms with Crippen molar-refractivity contribution in [2.75, 3.05) is 13.7 Å². The van der Waals surface area contributed by atoms with E-state index in [2.05, 4.69) is 0 Å². The van der Waals surface area contributed by atoms with Crippen molar-refractivity contribution in [3.63, 3.8) is 0 Å². The van der Waals surface area contributed by atoms with E-state index in [1.807, 2.05) is 0 Å². The Bertz CT molecular complexity index is 853. The first-order valence-corrected chi connectivity index (χ1v) is 8.16. The summed E-state index contributed by atoms with van der Waals surface area (Å²) in [5.74, 6) is -1.20. The highest BCUT2D eigenvalue weighted by Crippen LogP contribution is 2.21. The van der Waals surface area contributed by atoms with Crippen LogP contribution in [0.15, 0.2) is 42.5 Å². The average Bonchev–Trinajstić information content (AvgIpc) is 2.62. The predicted molar refractivity (Wildman–Crippen MR) is 96.3 cm³/mol. The lowest BCUT2D eigenvalue weighted by Gasteiger charge is -2.18. The number of halogens is 1. The smallest absolute Gasteiger partial charge is 0.338 e. The fourth-order valence-electron chi connectivity index (χ4n) is 2.35. The number of benzene rings is 2. The molecule has 0 radical (unpaired) electrons. The largest absolute Gasteiger partial charge is 0.462 e. The Morgan fingerprint density at radius 1 is 1.19 bits per heavy atom. The summed E-state index contributed by atoms with van der Waals surface area (Å²) in [6, 6.07) is 10.6. The molecule has 0 bridgehead atoms. The molecule has 1 amide bonds. The fourth-order valence-corrected chi connectivity index (χ4v) is 2.54. The van der Waals surface area contributed by atoms with E-state index >= 15 is 0 Å². The van der Waals surface area contributed by atoms with Crippen molar-refractivity contribution in [3.05, 3.63) is 74.3 Å². The number of carbonyl (C=O) groups excluding carboxylic acids is 2. The third-order valence-electron chi connectivity index (χ3n) is 3.60. The summed E-state index contributed by atoms with van der Waals surface area (Å²) in [4.78, 5) is 36.4. The number of non-ortho nitro benzene ring substituents is 1. The van der Waals surface area contributed by atoms with E-state index in [1.54, 1.807) is 38.2 Å². The average molecular weight is 377 g/mol. The summed E-state index contributed by atoms with van der Waals surface area (Å²) < 4.78 is 4.87. The third kappa shape index (κ3) is 4.58. The van der Waals surface area contributed by atoms with Crippen LogP contribution in [0.5, 0.6) is 0 Å².